The van der Waals surface area contributed by atoms with Gasteiger partial charge in [0.25, 0.3) is 0 Å². The normalized spacial score (nSPS) is 22.2. The van der Waals surface area contributed by atoms with Crippen LogP contribution in [-0.4, -0.2) is 23.3 Å². The van der Waals surface area contributed by atoms with Gasteiger partial charge >= 0.3 is 0 Å². The maximum absolute atomic E-state index is 10.7. The zero-order valence-electron chi connectivity index (χ0n) is 6.63. The Bertz CT molecular complexity index is 130. The molecule has 0 N–H and O–H groups in total. The molecule has 0 spiro atoms. The van der Waals surface area contributed by atoms with Crippen LogP contribution in [0.25, 0.3) is 0 Å². The fraction of sp³-hybridized carbons (Fsp3) is 1.00. The highest BCUT2D eigenvalue weighted by molar-refractivity contribution is 7.25. The molecule has 1 rings (SSSR count). The number of rotatable bonds is 2. The van der Waals surface area contributed by atoms with Crippen LogP contribution in [0.3, 0.4) is 0 Å². The summed E-state index contributed by atoms with van der Waals surface area (Å²) in [6.07, 6.45) is 2.53. The van der Waals surface area contributed by atoms with Crippen molar-refractivity contribution in [3.05, 3.63) is 0 Å². The van der Waals surface area contributed by atoms with E-state index in [-0.39, 0.29) is 13.7 Å². The Labute approximate surface area is 63.8 Å². The van der Waals surface area contributed by atoms with Crippen molar-refractivity contribution in [1.29, 1.82) is 0 Å². The van der Waals surface area contributed by atoms with E-state index in [0.29, 0.717) is 0 Å². The van der Waals surface area contributed by atoms with Crippen LogP contribution in [0.2, 0.25) is 0 Å². The van der Waals surface area contributed by atoms with Crippen molar-refractivity contribution in [3.63, 3.8) is 0 Å². The third-order valence-corrected chi connectivity index (χ3v) is 2.83. The lowest BCUT2D eigenvalue weighted by atomic mass is 10.3. The molecule has 0 aromatic carbocycles. The van der Waals surface area contributed by atoms with Gasteiger partial charge in [0.2, 0.25) is 0 Å². The lowest BCUT2D eigenvalue weighted by Crippen LogP contribution is -2.36. The van der Waals surface area contributed by atoms with Crippen molar-refractivity contribution in [2.24, 2.45) is 0 Å². The lowest BCUT2D eigenvalue weighted by Gasteiger charge is -2.28. The molecule has 58 valence electrons. The molecule has 0 radical (unpaired) electrons. The van der Waals surface area contributed by atoms with E-state index in [4.69, 9.17) is 0 Å². The van der Waals surface area contributed by atoms with Gasteiger partial charge in [-0.25, -0.2) is 0 Å². The summed E-state index contributed by atoms with van der Waals surface area (Å²) in [5.74, 6) is 0. The van der Waals surface area contributed by atoms with Crippen LogP contribution in [0.4, 0.5) is 0 Å². The van der Waals surface area contributed by atoms with Crippen LogP contribution >= 0.6 is 8.46 Å². The summed E-state index contributed by atoms with van der Waals surface area (Å²) in [4.78, 5) is 2.28. The van der Waals surface area contributed by atoms with Crippen LogP contribution in [0.15, 0.2) is 0 Å². The molecule has 0 unspecified atom stereocenters. The van der Waals surface area contributed by atoms with Gasteiger partial charge in [-0.15, -0.1) is 0 Å². The van der Waals surface area contributed by atoms with Gasteiger partial charge in [-0.3, -0.25) is 9.46 Å². The first-order chi connectivity index (χ1) is 4.67. The molecule has 0 aliphatic carbocycles. The molecular weight excluding hydrogens is 145 g/mol. The highest BCUT2D eigenvalue weighted by atomic mass is 31.1. The van der Waals surface area contributed by atoms with Crippen molar-refractivity contribution in [1.82, 2.24) is 4.90 Å². The fourth-order valence-corrected chi connectivity index (χ4v) is 1.64. The minimum Gasteiger partial charge on any atom is -0.288 e. The molecule has 0 bridgehead atoms. The predicted octanol–water partition coefficient (Wildman–Crippen LogP) is 2.11. The van der Waals surface area contributed by atoms with Crippen molar-refractivity contribution in [2.45, 2.75) is 32.0 Å². The monoisotopic (exact) mass is 159 g/mol. The molecule has 2 nitrogen and oxygen atoms in total. The van der Waals surface area contributed by atoms with E-state index in [1.807, 2.05) is 13.8 Å². The van der Waals surface area contributed by atoms with Crippen molar-refractivity contribution in [3.8, 4) is 0 Å². The molecule has 1 saturated heterocycles. The van der Waals surface area contributed by atoms with Crippen LogP contribution < -0.4 is 0 Å². The zero-order valence-corrected chi connectivity index (χ0v) is 7.53. The Balaban J connectivity index is 2.53. The molecule has 1 fully saturated rings. The Kier molecular flexibility index (Phi) is 2.43. The smallest absolute Gasteiger partial charge is 0.177 e. The third-order valence-electron chi connectivity index (χ3n) is 2.10. The molecule has 0 atom stereocenters. The highest BCUT2D eigenvalue weighted by Crippen LogP contribution is 2.29. The summed E-state index contributed by atoms with van der Waals surface area (Å²) >= 11 is 0. The molecule has 0 amide bonds. The van der Waals surface area contributed by atoms with Crippen molar-refractivity contribution in [2.75, 3.05) is 13.1 Å². The van der Waals surface area contributed by atoms with Gasteiger partial charge in [-0.2, -0.15) is 0 Å². The van der Waals surface area contributed by atoms with Crippen LogP contribution in [-0.2, 0) is 4.57 Å². The second-order valence-electron chi connectivity index (χ2n) is 3.28. The Morgan fingerprint density at radius 3 is 2.20 bits per heavy atom. The van der Waals surface area contributed by atoms with Gasteiger partial charge in [-0.05, 0) is 39.8 Å². The summed E-state index contributed by atoms with van der Waals surface area (Å²) in [6.45, 7) is 6.27. The lowest BCUT2D eigenvalue weighted by molar-refractivity contribution is 0.237. The Morgan fingerprint density at radius 1 is 1.30 bits per heavy atom. The first kappa shape index (κ1) is 8.16. The molecule has 1 heterocycles. The van der Waals surface area contributed by atoms with Gasteiger partial charge in [0.15, 0.2) is 8.46 Å². The average Bonchev–Trinajstić information content (AvgIpc) is 2.38. The van der Waals surface area contributed by atoms with Crippen molar-refractivity contribution >= 4 is 8.46 Å². The van der Waals surface area contributed by atoms with Gasteiger partial charge in [0, 0.05) is 0 Å². The van der Waals surface area contributed by atoms with E-state index >= 15 is 0 Å². The maximum Gasteiger partial charge on any atom is 0.177 e. The second-order valence-corrected chi connectivity index (χ2v) is 4.56. The van der Waals surface area contributed by atoms with Gasteiger partial charge in [0.05, 0.1) is 5.28 Å². The fourth-order valence-electron chi connectivity index (χ4n) is 1.32. The Hall–Kier alpha value is 0.0600. The first-order valence-electron chi connectivity index (χ1n) is 3.76. The largest absolute Gasteiger partial charge is 0.288 e. The summed E-state index contributed by atoms with van der Waals surface area (Å²) in [5.41, 5.74) is 0. The highest BCUT2D eigenvalue weighted by Gasteiger charge is 2.29. The van der Waals surface area contributed by atoms with E-state index in [1.54, 1.807) is 0 Å². The standard InChI is InChI=1S/C7H14NOP/c1-7(2,10-9)8-5-3-4-6-8/h3-6H2,1-2H3. The van der Waals surface area contributed by atoms with Crippen molar-refractivity contribution < 1.29 is 4.57 Å². The number of nitrogens with zero attached hydrogens (tertiary/aromatic N) is 1. The molecule has 0 saturated carbocycles. The van der Waals surface area contributed by atoms with E-state index < -0.39 is 0 Å². The van der Waals surface area contributed by atoms with Gasteiger partial charge in [0.1, 0.15) is 0 Å². The second kappa shape index (κ2) is 2.98. The quantitative estimate of drug-likeness (QED) is 0.575. The summed E-state index contributed by atoms with van der Waals surface area (Å²) in [7, 11) is 0.247. The van der Waals surface area contributed by atoms with Gasteiger partial charge < -0.3 is 0 Å². The third kappa shape index (κ3) is 1.56. The number of likely N-dealkylation sites (tertiary alicyclic amines) is 1. The van der Waals surface area contributed by atoms with Crippen LogP contribution in [0.1, 0.15) is 26.7 Å². The van der Waals surface area contributed by atoms with E-state index in [9.17, 15) is 4.57 Å². The molecular formula is C7H14NOP. The van der Waals surface area contributed by atoms with Crippen LogP contribution in [0, 0.1) is 0 Å². The number of hydrogen-bond acceptors (Lipinski definition) is 2. The Morgan fingerprint density at radius 2 is 1.80 bits per heavy atom. The summed E-state index contributed by atoms with van der Waals surface area (Å²) in [5, 5.41) is -0.128. The molecule has 10 heavy (non-hydrogen) atoms. The molecule has 1 aliphatic heterocycles. The molecule has 0 aromatic rings. The minimum absolute atomic E-state index is 0.128. The first-order valence-corrected chi connectivity index (χ1v) is 4.57. The summed E-state index contributed by atoms with van der Waals surface area (Å²) < 4.78 is 10.7. The van der Waals surface area contributed by atoms with E-state index in [2.05, 4.69) is 4.90 Å². The zero-order chi connectivity index (χ0) is 7.61. The topological polar surface area (TPSA) is 20.3 Å². The molecule has 3 heteroatoms. The maximum atomic E-state index is 10.7. The molecule has 0 aromatic heterocycles. The summed E-state index contributed by atoms with van der Waals surface area (Å²) in [6, 6.07) is 0. The molecule has 1 aliphatic rings. The minimum atomic E-state index is -0.128. The van der Waals surface area contributed by atoms with E-state index in [0.717, 1.165) is 13.1 Å². The van der Waals surface area contributed by atoms with Crippen LogP contribution in [0.5, 0.6) is 0 Å². The number of hydrogen-bond donors (Lipinski definition) is 0. The average molecular weight is 159 g/mol. The van der Waals surface area contributed by atoms with E-state index in [1.165, 1.54) is 12.8 Å². The van der Waals surface area contributed by atoms with Gasteiger partial charge in [-0.1, -0.05) is 0 Å². The SMILES string of the molecule is CC(C)(P=O)N1CCCC1. The predicted molar refractivity (Wildman–Crippen MR) is 42.5 cm³/mol.